The second-order valence-electron chi connectivity index (χ2n) is 6.04. The molecule has 0 fully saturated rings. The topological polar surface area (TPSA) is 65.2 Å². The summed E-state index contributed by atoms with van der Waals surface area (Å²) in [6.07, 6.45) is 2.68. The third-order valence-electron chi connectivity index (χ3n) is 4.21. The Morgan fingerprint density at radius 1 is 1.12 bits per heavy atom. The summed E-state index contributed by atoms with van der Waals surface area (Å²) < 4.78 is 0. The summed E-state index contributed by atoms with van der Waals surface area (Å²) >= 11 is 5.88. The zero-order valence-corrected chi connectivity index (χ0v) is 15.2. The predicted octanol–water partition coefficient (Wildman–Crippen LogP) is 3.53. The number of halogens is 1. The van der Waals surface area contributed by atoms with Gasteiger partial charge in [-0.05, 0) is 42.3 Å². The van der Waals surface area contributed by atoms with Crippen LogP contribution in [0.5, 0.6) is 0 Å². The third kappa shape index (κ3) is 4.24. The molecule has 2 amide bonds. The zero-order valence-electron chi connectivity index (χ0n) is 14.5. The second-order valence-corrected chi connectivity index (χ2v) is 6.48. The van der Waals surface area contributed by atoms with Gasteiger partial charge in [0, 0.05) is 41.3 Å². The zero-order chi connectivity index (χ0) is 18.5. The van der Waals surface area contributed by atoms with E-state index in [0.29, 0.717) is 17.3 Å². The van der Waals surface area contributed by atoms with Gasteiger partial charge in [-0.15, -0.1) is 0 Å². The van der Waals surface area contributed by atoms with Gasteiger partial charge in [-0.1, -0.05) is 29.8 Å². The van der Waals surface area contributed by atoms with Crippen LogP contribution in [-0.2, 0) is 16.0 Å². The van der Waals surface area contributed by atoms with E-state index in [0.717, 1.165) is 22.9 Å². The number of rotatable bonds is 6. The Labute approximate surface area is 157 Å². The van der Waals surface area contributed by atoms with Gasteiger partial charge in [-0.25, -0.2) is 0 Å². The number of carbonyl (C=O) groups excluding carboxylic acids is 2. The molecule has 0 atom stereocenters. The number of benzene rings is 2. The molecule has 5 nitrogen and oxygen atoms in total. The Morgan fingerprint density at radius 2 is 1.85 bits per heavy atom. The highest BCUT2D eigenvalue weighted by molar-refractivity contribution is 6.30. The van der Waals surface area contributed by atoms with Crippen LogP contribution in [0, 0.1) is 0 Å². The van der Waals surface area contributed by atoms with E-state index in [1.54, 1.807) is 24.3 Å². The molecule has 134 valence electrons. The molecule has 0 saturated heterocycles. The fourth-order valence-corrected chi connectivity index (χ4v) is 3.01. The van der Waals surface area contributed by atoms with E-state index in [4.69, 9.17) is 11.6 Å². The van der Waals surface area contributed by atoms with Crippen molar-refractivity contribution in [3.05, 3.63) is 65.3 Å². The van der Waals surface area contributed by atoms with Crippen LogP contribution in [0.4, 0.5) is 5.69 Å². The first-order valence-electron chi connectivity index (χ1n) is 8.40. The summed E-state index contributed by atoms with van der Waals surface area (Å²) in [7, 11) is 0. The lowest BCUT2D eigenvalue weighted by Gasteiger charge is -2.20. The molecule has 1 heterocycles. The molecular weight excluding hydrogens is 350 g/mol. The molecule has 0 unspecified atom stereocenters. The van der Waals surface area contributed by atoms with Crippen LogP contribution in [0.2, 0.25) is 5.02 Å². The van der Waals surface area contributed by atoms with E-state index in [1.165, 1.54) is 11.8 Å². The lowest BCUT2D eigenvalue weighted by atomic mass is 10.1. The van der Waals surface area contributed by atoms with Crippen molar-refractivity contribution in [2.24, 2.45) is 0 Å². The third-order valence-corrected chi connectivity index (χ3v) is 4.46. The van der Waals surface area contributed by atoms with Crippen LogP contribution in [0.15, 0.2) is 54.7 Å². The maximum absolute atomic E-state index is 12.3. The summed E-state index contributed by atoms with van der Waals surface area (Å²) in [5.41, 5.74) is 2.88. The van der Waals surface area contributed by atoms with E-state index in [1.807, 2.05) is 24.4 Å². The number of fused-ring (bicyclic) bond motifs is 1. The number of amides is 2. The number of hydrogen-bond donors (Lipinski definition) is 2. The largest absolute Gasteiger partial charge is 0.361 e. The van der Waals surface area contributed by atoms with Gasteiger partial charge in [0.25, 0.3) is 0 Å². The molecule has 0 spiro atoms. The highest BCUT2D eigenvalue weighted by atomic mass is 35.5. The molecule has 3 aromatic rings. The minimum absolute atomic E-state index is 0.0230. The molecule has 26 heavy (non-hydrogen) atoms. The maximum atomic E-state index is 12.3. The SMILES string of the molecule is CC(=O)N(CC(=O)NCCc1c[nH]c2ccccc12)c1ccc(Cl)cc1. The lowest BCUT2D eigenvalue weighted by molar-refractivity contribution is -0.123. The van der Waals surface area contributed by atoms with Crippen LogP contribution < -0.4 is 10.2 Å². The van der Waals surface area contributed by atoms with E-state index >= 15 is 0 Å². The number of nitrogens with zero attached hydrogens (tertiary/aromatic N) is 1. The van der Waals surface area contributed by atoms with Crippen molar-refractivity contribution in [2.45, 2.75) is 13.3 Å². The van der Waals surface area contributed by atoms with Crippen LogP contribution in [-0.4, -0.2) is 29.9 Å². The van der Waals surface area contributed by atoms with E-state index in [2.05, 4.69) is 16.4 Å². The van der Waals surface area contributed by atoms with E-state index < -0.39 is 0 Å². The second kappa shape index (κ2) is 8.06. The quantitative estimate of drug-likeness (QED) is 0.698. The molecule has 0 saturated carbocycles. The first-order valence-corrected chi connectivity index (χ1v) is 8.78. The fourth-order valence-electron chi connectivity index (χ4n) is 2.88. The van der Waals surface area contributed by atoms with Gasteiger partial charge in [0.05, 0.1) is 0 Å². The Hall–Kier alpha value is -2.79. The number of anilines is 1. The number of hydrogen-bond acceptors (Lipinski definition) is 2. The molecule has 0 bridgehead atoms. The van der Waals surface area contributed by atoms with Gasteiger partial charge in [0.15, 0.2) is 0 Å². The van der Waals surface area contributed by atoms with Crippen LogP contribution in [0.25, 0.3) is 10.9 Å². The molecule has 2 aromatic carbocycles. The highest BCUT2D eigenvalue weighted by Gasteiger charge is 2.15. The van der Waals surface area contributed by atoms with Crippen molar-refractivity contribution in [1.29, 1.82) is 0 Å². The van der Waals surface area contributed by atoms with Crippen molar-refractivity contribution >= 4 is 40.0 Å². The van der Waals surface area contributed by atoms with Crippen LogP contribution >= 0.6 is 11.6 Å². The number of nitrogens with one attached hydrogen (secondary N) is 2. The van der Waals surface area contributed by atoms with E-state index in [-0.39, 0.29) is 18.4 Å². The summed E-state index contributed by atoms with van der Waals surface area (Å²) in [5.74, 6) is -0.394. The van der Waals surface area contributed by atoms with Gasteiger partial charge in [0.1, 0.15) is 6.54 Å². The molecule has 0 aliphatic rings. The number of H-pyrrole nitrogens is 1. The van der Waals surface area contributed by atoms with Crippen molar-refractivity contribution in [3.63, 3.8) is 0 Å². The standard InChI is InChI=1S/C20H20ClN3O2/c1-14(25)24(17-8-6-16(21)7-9-17)13-20(26)22-11-10-15-12-23-19-5-3-2-4-18(15)19/h2-9,12,23H,10-11,13H2,1H3,(H,22,26). The molecule has 3 rings (SSSR count). The number of aromatic nitrogens is 1. The highest BCUT2D eigenvalue weighted by Crippen LogP contribution is 2.19. The van der Waals surface area contributed by atoms with Crippen LogP contribution in [0.1, 0.15) is 12.5 Å². The number of carbonyl (C=O) groups is 2. The average molecular weight is 370 g/mol. The van der Waals surface area contributed by atoms with Crippen molar-refractivity contribution in [2.75, 3.05) is 18.0 Å². The minimum Gasteiger partial charge on any atom is -0.361 e. The number of para-hydroxylation sites is 1. The fraction of sp³-hybridized carbons (Fsp3) is 0.200. The molecule has 2 N–H and O–H groups in total. The van der Waals surface area contributed by atoms with Gasteiger partial charge in [-0.3, -0.25) is 9.59 Å². The average Bonchev–Trinajstić information content (AvgIpc) is 3.04. The van der Waals surface area contributed by atoms with Crippen molar-refractivity contribution in [1.82, 2.24) is 10.3 Å². The van der Waals surface area contributed by atoms with Crippen molar-refractivity contribution in [3.8, 4) is 0 Å². The Balaban J connectivity index is 1.57. The summed E-state index contributed by atoms with van der Waals surface area (Å²) in [4.78, 5) is 28.8. The predicted molar refractivity (Wildman–Crippen MR) is 104 cm³/mol. The first kappa shape index (κ1) is 18.0. The molecule has 1 aromatic heterocycles. The molecular formula is C20H20ClN3O2. The lowest BCUT2D eigenvalue weighted by Crippen LogP contribution is -2.40. The van der Waals surface area contributed by atoms with Crippen molar-refractivity contribution < 1.29 is 9.59 Å². The van der Waals surface area contributed by atoms with Gasteiger partial charge >= 0.3 is 0 Å². The monoisotopic (exact) mass is 369 g/mol. The van der Waals surface area contributed by atoms with Crippen LogP contribution in [0.3, 0.4) is 0 Å². The Kier molecular flexibility index (Phi) is 5.58. The summed E-state index contributed by atoms with van der Waals surface area (Å²) in [5, 5.41) is 4.62. The van der Waals surface area contributed by atoms with Gasteiger partial charge < -0.3 is 15.2 Å². The molecule has 0 aliphatic heterocycles. The van der Waals surface area contributed by atoms with Gasteiger partial charge in [-0.2, -0.15) is 0 Å². The maximum Gasteiger partial charge on any atom is 0.240 e. The first-order chi connectivity index (χ1) is 12.5. The minimum atomic E-state index is -0.199. The van der Waals surface area contributed by atoms with E-state index in [9.17, 15) is 9.59 Å². The normalized spacial score (nSPS) is 10.7. The molecule has 6 heteroatoms. The van der Waals surface area contributed by atoms with Gasteiger partial charge in [0.2, 0.25) is 11.8 Å². The molecule has 0 aliphatic carbocycles. The summed E-state index contributed by atoms with van der Waals surface area (Å²) in [6.45, 7) is 1.92. The number of aromatic amines is 1. The Bertz CT molecular complexity index is 918. The Morgan fingerprint density at radius 3 is 2.58 bits per heavy atom. The molecule has 0 radical (unpaired) electrons. The summed E-state index contributed by atoms with van der Waals surface area (Å²) in [6, 6.07) is 14.9. The smallest absolute Gasteiger partial charge is 0.240 e.